The van der Waals surface area contributed by atoms with Gasteiger partial charge in [-0.05, 0) is 30.7 Å². The first-order chi connectivity index (χ1) is 11.1. The average molecular weight is 340 g/mol. The molecule has 0 aliphatic carbocycles. The minimum Gasteiger partial charge on any atom is -0.367 e. The van der Waals surface area contributed by atoms with Gasteiger partial charge < -0.3 is 5.32 Å². The summed E-state index contributed by atoms with van der Waals surface area (Å²) in [6.45, 7) is 2.42. The van der Waals surface area contributed by atoms with Gasteiger partial charge in [0.05, 0.1) is 11.6 Å². The van der Waals surface area contributed by atoms with E-state index in [4.69, 9.17) is 12.2 Å². The van der Waals surface area contributed by atoms with Crippen LogP contribution in [0.3, 0.4) is 0 Å². The van der Waals surface area contributed by atoms with Gasteiger partial charge in [-0.2, -0.15) is 0 Å². The molecule has 2 aromatic rings. The predicted octanol–water partition coefficient (Wildman–Crippen LogP) is 4.27. The molecule has 116 valence electrons. The van der Waals surface area contributed by atoms with E-state index in [-0.39, 0.29) is 5.91 Å². The molecule has 23 heavy (non-hydrogen) atoms. The van der Waals surface area contributed by atoms with Crippen LogP contribution in [0, 0.1) is 6.92 Å². The number of hydrogen-bond acceptors (Lipinski definition) is 4. The molecule has 0 saturated carbocycles. The van der Waals surface area contributed by atoms with Crippen LogP contribution in [-0.2, 0) is 4.79 Å². The lowest BCUT2D eigenvalue weighted by Crippen LogP contribution is -2.33. The van der Waals surface area contributed by atoms with Gasteiger partial charge in [-0.1, -0.05) is 72.0 Å². The number of anilines is 1. The van der Waals surface area contributed by atoms with Crippen LogP contribution < -0.4 is 5.32 Å². The summed E-state index contributed by atoms with van der Waals surface area (Å²) in [5.74, 6) is -0.0523. The number of aryl methyl sites for hydroxylation is 1. The maximum absolute atomic E-state index is 12.5. The molecule has 1 fully saturated rings. The van der Waals surface area contributed by atoms with Crippen LogP contribution >= 0.6 is 24.0 Å². The van der Waals surface area contributed by atoms with Crippen molar-refractivity contribution < 1.29 is 4.79 Å². The largest absolute Gasteiger partial charge is 0.367 e. The van der Waals surface area contributed by atoms with E-state index < -0.39 is 0 Å². The Morgan fingerprint density at radius 3 is 2.52 bits per heavy atom. The molecule has 2 aromatic carbocycles. The summed E-state index contributed by atoms with van der Waals surface area (Å²) in [5, 5.41) is 3.24. The predicted molar refractivity (Wildman–Crippen MR) is 101 cm³/mol. The molecule has 0 bridgehead atoms. The van der Waals surface area contributed by atoms with Gasteiger partial charge in [-0.3, -0.25) is 9.69 Å². The third-order valence-electron chi connectivity index (χ3n) is 3.46. The number of nitrogens with one attached hydrogen (secondary N) is 1. The lowest BCUT2D eigenvalue weighted by molar-refractivity contribution is -0.121. The van der Waals surface area contributed by atoms with Crippen molar-refractivity contribution in [2.75, 3.05) is 12.0 Å². The highest BCUT2D eigenvalue weighted by Crippen LogP contribution is 2.32. The first-order valence-electron chi connectivity index (χ1n) is 7.24. The molecule has 1 aliphatic heterocycles. The summed E-state index contributed by atoms with van der Waals surface area (Å²) in [5.41, 5.74) is 3.17. The molecule has 1 N–H and O–H groups in total. The fourth-order valence-electron chi connectivity index (χ4n) is 2.18. The van der Waals surface area contributed by atoms with Gasteiger partial charge >= 0.3 is 0 Å². The Bertz CT molecular complexity index is 754. The van der Waals surface area contributed by atoms with E-state index in [0.29, 0.717) is 15.9 Å². The third-order valence-corrected chi connectivity index (χ3v) is 4.84. The molecule has 1 saturated heterocycles. The monoisotopic (exact) mass is 340 g/mol. The van der Waals surface area contributed by atoms with Crippen molar-refractivity contribution in [3.8, 4) is 0 Å². The van der Waals surface area contributed by atoms with Gasteiger partial charge in [0.1, 0.15) is 4.32 Å². The maximum Gasteiger partial charge on any atom is 0.267 e. The zero-order valence-electron chi connectivity index (χ0n) is 12.7. The molecule has 3 rings (SSSR count). The van der Waals surface area contributed by atoms with Crippen molar-refractivity contribution in [1.82, 2.24) is 4.90 Å². The van der Waals surface area contributed by atoms with Crippen LogP contribution in [0.4, 0.5) is 5.69 Å². The average Bonchev–Trinajstić information content (AvgIpc) is 2.82. The summed E-state index contributed by atoms with van der Waals surface area (Å²) >= 11 is 6.68. The Kier molecular flexibility index (Phi) is 4.79. The number of thiocarbonyl (C=S) groups is 1. The van der Waals surface area contributed by atoms with Crippen LogP contribution in [0.1, 0.15) is 11.1 Å². The zero-order chi connectivity index (χ0) is 16.2. The number of rotatable bonds is 4. The lowest BCUT2D eigenvalue weighted by Gasteiger charge is -2.16. The van der Waals surface area contributed by atoms with Crippen molar-refractivity contribution in [3.05, 3.63) is 70.6 Å². The van der Waals surface area contributed by atoms with E-state index in [1.807, 2.05) is 67.6 Å². The Hall–Kier alpha value is -2.11. The van der Waals surface area contributed by atoms with Crippen LogP contribution in [0.25, 0.3) is 6.08 Å². The molecule has 5 heteroatoms. The second-order valence-electron chi connectivity index (χ2n) is 5.22. The summed E-state index contributed by atoms with van der Waals surface area (Å²) in [7, 11) is 0. The molecule has 0 unspecified atom stereocenters. The van der Waals surface area contributed by atoms with Crippen molar-refractivity contribution in [2.24, 2.45) is 0 Å². The number of thioether (sulfide) groups is 1. The molecule has 0 spiro atoms. The van der Waals surface area contributed by atoms with Gasteiger partial charge in [0, 0.05) is 5.69 Å². The summed E-state index contributed by atoms with van der Waals surface area (Å²) < 4.78 is 0.580. The Balaban J connectivity index is 1.69. The first kappa shape index (κ1) is 15.8. The number of carbonyl (C=O) groups excluding carboxylic acids is 1. The van der Waals surface area contributed by atoms with Crippen LogP contribution in [0.5, 0.6) is 0 Å². The van der Waals surface area contributed by atoms with E-state index in [1.54, 1.807) is 4.90 Å². The Morgan fingerprint density at radius 2 is 1.83 bits per heavy atom. The summed E-state index contributed by atoms with van der Waals surface area (Å²) in [6.07, 6.45) is 1.88. The van der Waals surface area contributed by atoms with Crippen molar-refractivity contribution in [1.29, 1.82) is 0 Å². The van der Waals surface area contributed by atoms with Gasteiger partial charge in [-0.15, -0.1) is 0 Å². The fourth-order valence-corrected chi connectivity index (χ4v) is 3.43. The number of carbonyl (C=O) groups is 1. The Labute approximate surface area is 145 Å². The molecule has 1 aliphatic rings. The Morgan fingerprint density at radius 1 is 1.13 bits per heavy atom. The van der Waals surface area contributed by atoms with Gasteiger partial charge in [-0.25, -0.2) is 0 Å². The van der Waals surface area contributed by atoms with Gasteiger partial charge in [0.25, 0.3) is 5.91 Å². The lowest BCUT2D eigenvalue weighted by atomic mass is 10.2. The topological polar surface area (TPSA) is 32.3 Å². The highest BCUT2D eigenvalue weighted by molar-refractivity contribution is 8.26. The SMILES string of the molecule is Cc1ccc(NCN2C(=O)/C(=C\c3ccccc3)SC2=S)cc1. The molecule has 1 amide bonds. The van der Waals surface area contributed by atoms with E-state index in [9.17, 15) is 4.79 Å². The molecule has 0 radical (unpaired) electrons. The molecule has 0 aromatic heterocycles. The standard InChI is InChI=1S/C18H16N2OS2/c1-13-7-9-15(10-8-13)19-12-20-17(21)16(23-18(20)22)11-14-5-3-2-4-6-14/h2-11,19H,12H2,1H3/b16-11+. The quantitative estimate of drug-likeness (QED) is 0.666. The number of nitrogens with zero attached hydrogens (tertiary/aromatic N) is 1. The molecular formula is C18H16N2OS2. The van der Waals surface area contributed by atoms with E-state index in [1.165, 1.54) is 17.3 Å². The number of hydrogen-bond donors (Lipinski definition) is 1. The van der Waals surface area contributed by atoms with Crippen LogP contribution in [-0.4, -0.2) is 21.8 Å². The maximum atomic E-state index is 12.5. The zero-order valence-corrected chi connectivity index (χ0v) is 14.3. The minimum absolute atomic E-state index is 0.0523. The summed E-state index contributed by atoms with van der Waals surface area (Å²) in [4.78, 5) is 14.8. The van der Waals surface area contributed by atoms with E-state index in [0.717, 1.165) is 11.3 Å². The smallest absolute Gasteiger partial charge is 0.267 e. The second-order valence-corrected chi connectivity index (χ2v) is 6.90. The molecule has 3 nitrogen and oxygen atoms in total. The highest BCUT2D eigenvalue weighted by atomic mass is 32.2. The minimum atomic E-state index is -0.0523. The van der Waals surface area contributed by atoms with Crippen molar-refractivity contribution >= 4 is 46.0 Å². The van der Waals surface area contributed by atoms with Crippen LogP contribution in [0.2, 0.25) is 0 Å². The molecule has 1 heterocycles. The van der Waals surface area contributed by atoms with Crippen molar-refractivity contribution in [3.63, 3.8) is 0 Å². The fraction of sp³-hybridized carbons (Fsp3) is 0.111. The first-order valence-corrected chi connectivity index (χ1v) is 8.47. The molecular weight excluding hydrogens is 324 g/mol. The number of amides is 1. The van der Waals surface area contributed by atoms with Gasteiger partial charge in [0.2, 0.25) is 0 Å². The van der Waals surface area contributed by atoms with Gasteiger partial charge in [0.15, 0.2) is 0 Å². The van der Waals surface area contributed by atoms with E-state index >= 15 is 0 Å². The van der Waals surface area contributed by atoms with Crippen molar-refractivity contribution in [2.45, 2.75) is 6.92 Å². The summed E-state index contributed by atoms with van der Waals surface area (Å²) in [6, 6.07) is 17.8. The second kappa shape index (κ2) is 6.98. The van der Waals surface area contributed by atoms with Crippen LogP contribution in [0.15, 0.2) is 59.5 Å². The third kappa shape index (κ3) is 3.81. The number of benzene rings is 2. The normalized spacial score (nSPS) is 16.2. The molecule has 0 atom stereocenters. The highest BCUT2D eigenvalue weighted by Gasteiger charge is 2.31. The van der Waals surface area contributed by atoms with E-state index in [2.05, 4.69) is 5.32 Å².